The summed E-state index contributed by atoms with van der Waals surface area (Å²) in [5, 5.41) is 94.2. The molecule has 1 aromatic heterocycles. The van der Waals surface area contributed by atoms with Crippen LogP contribution in [0.3, 0.4) is 0 Å². The van der Waals surface area contributed by atoms with Crippen molar-refractivity contribution in [3.05, 3.63) is 44.8 Å². The van der Waals surface area contributed by atoms with E-state index in [0.717, 1.165) is 17.6 Å². The highest BCUT2D eigenvalue weighted by molar-refractivity contribution is 7.45. The number of nitrogens with zero attached hydrogens (tertiary/aromatic N) is 2. The van der Waals surface area contributed by atoms with Crippen molar-refractivity contribution in [3.63, 3.8) is 0 Å². The van der Waals surface area contributed by atoms with Crippen molar-refractivity contribution >= 4 is 60.5 Å². The molecular weight excluding hydrogens is 859 g/mol. The van der Waals surface area contributed by atoms with Gasteiger partial charge in [0.2, 0.25) is 17.7 Å². The van der Waals surface area contributed by atoms with Gasteiger partial charge in [0, 0.05) is 24.9 Å². The van der Waals surface area contributed by atoms with Crippen LogP contribution in [0, 0.1) is 0 Å². The minimum Gasteiger partial charge on any atom is -0.846 e. The summed E-state index contributed by atoms with van der Waals surface area (Å²) in [4.78, 5) is 125. The third-order valence-electron chi connectivity index (χ3n) is 8.78. The van der Waals surface area contributed by atoms with Crippen LogP contribution in [-0.4, -0.2) is 121 Å². The molecule has 62 heavy (non-hydrogen) atoms. The maximum absolute atomic E-state index is 12.6. The van der Waals surface area contributed by atoms with Crippen LogP contribution < -0.4 is 57.4 Å². The highest BCUT2D eigenvalue weighted by Gasteiger charge is 2.30. The number of carboxylic acids is 4. The number of carboxylic acid groups (broad SMARTS) is 4. The van der Waals surface area contributed by atoms with Crippen LogP contribution in [0.4, 0.5) is 0 Å². The molecular formula is C34H37N6O21P-6. The Kier molecular flexibility index (Phi) is 17.7. The largest absolute Gasteiger partial charge is 0.846 e. The van der Waals surface area contributed by atoms with Crippen molar-refractivity contribution < 1.29 is 92.9 Å². The zero-order valence-electron chi connectivity index (χ0n) is 32.0. The molecule has 2 heterocycles. The molecule has 0 saturated heterocycles. The molecule has 1 aromatic rings. The van der Waals surface area contributed by atoms with E-state index in [4.69, 9.17) is 0 Å². The average Bonchev–Trinajstić information content (AvgIpc) is 3.17. The van der Waals surface area contributed by atoms with Gasteiger partial charge in [-0.2, -0.15) is 0 Å². The molecule has 27 nitrogen and oxygen atoms in total. The van der Waals surface area contributed by atoms with Gasteiger partial charge in [-0.25, -0.2) is 4.98 Å². The van der Waals surface area contributed by atoms with Crippen molar-refractivity contribution in [2.75, 3.05) is 6.61 Å². The minimum atomic E-state index is -5.59. The van der Waals surface area contributed by atoms with E-state index in [1.54, 1.807) is 0 Å². The molecule has 2 aliphatic rings. The first-order valence-electron chi connectivity index (χ1n) is 18.0. The molecule has 1 aliphatic heterocycles. The maximum Gasteiger partial charge on any atom is 0.268 e. The van der Waals surface area contributed by atoms with Crippen molar-refractivity contribution in [1.29, 1.82) is 0 Å². The van der Waals surface area contributed by atoms with Crippen molar-refractivity contribution in [1.82, 2.24) is 30.5 Å². The van der Waals surface area contributed by atoms with Crippen LogP contribution >= 0.6 is 7.82 Å². The van der Waals surface area contributed by atoms with Gasteiger partial charge in [0.25, 0.3) is 13.4 Å². The molecule has 0 radical (unpaired) electrons. The molecule has 340 valence electrons. The predicted octanol–water partition coefficient (Wildman–Crippen LogP) is -9.97. The summed E-state index contributed by atoms with van der Waals surface area (Å²) in [5.74, 6) is -11.0. The molecule has 3 amide bonds. The fourth-order valence-electron chi connectivity index (χ4n) is 5.59. The lowest BCUT2D eigenvalue weighted by Crippen LogP contribution is -2.52. The zero-order valence-corrected chi connectivity index (χ0v) is 32.9. The Hall–Kier alpha value is -6.35. The molecule has 0 bridgehead atoms. The molecule has 3 rings (SSSR count). The Morgan fingerprint density at radius 3 is 1.89 bits per heavy atom. The van der Waals surface area contributed by atoms with Gasteiger partial charge in [0.15, 0.2) is 5.43 Å². The van der Waals surface area contributed by atoms with Crippen molar-refractivity contribution in [2.24, 2.45) is 0 Å². The van der Waals surface area contributed by atoms with E-state index < -0.39 is 161 Å². The second-order valence-electron chi connectivity index (χ2n) is 13.4. The van der Waals surface area contributed by atoms with Gasteiger partial charge in [0.05, 0.1) is 66.3 Å². The van der Waals surface area contributed by atoms with Crippen LogP contribution in [-0.2, 0) is 53.7 Å². The van der Waals surface area contributed by atoms with E-state index in [-0.39, 0.29) is 22.3 Å². The molecule has 7 N–H and O–H groups in total. The standard InChI is InChI=1S/C34H43N6O21P/c1-14(29(49)37-20(33(55)56)5-8-25(45)35-18(31(51)52)4-7-24(44)36-19(32(53)54)6-9-26(46)47)61-62(58,59)60-13-23(43)27(48)22(42)12-40-21-11-16(41)3-2-15(21)10-17-28(40)38-34(57)39-30(17)50/h2-3,10-11,14,18-20,22-23,27,42-43,48H,4-9,12-13H2,1H3,(H,35,45)(H,36,44)(H,37,49)(H,46,47)(H,51,52)(H,53,54)(H,55,56)(H,58,59)(H2,38,39,50,57)/p-6/t14-,18-,19-,20-,22-,23+,27-/m0/s1. The van der Waals surface area contributed by atoms with Crippen LogP contribution in [0.15, 0.2) is 33.9 Å². The zero-order chi connectivity index (χ0) is 46.6. The predicted molar refractivity (Wildman–Crippen MR) is 188 cm³/mol. The van der Waals surface area contributed by atoms with E-state index in [2.05, 4.69) is 14.0 Å². The number of H-pyrrole nitrogens is 1. The Labute approximate surface area is 346 Å². The number of aliphatic carboxylic acids is 4. The van der Waals surface area contributed by atoms with Crippen LogP contribution in [0.2, 0.25) is 0 Å². The number of hydrogen-bond donors (Lipinski definition) is 7. The van der Waals surface area contributed by atoms with E-state index in [1.165, 1.54) is 18.2 Å². The van der Waals surface area contributed by atoms with Gasteiger partial charge < -0.3 is 99.5 Å². The minimum absolute atomic E-state index is 0.0531. The number of phosphoric acid groups is 1. The van der Waals surface area contributed by atoms with E-state index >= 15 is 0 Å². The molecule has 0 aromatic carbocycles. The quantitative estimate of drug-likeness (QED) is 0.0307. The topological polar surface area (TPSA) is 458 Å². The number of pyridine rings is 1. The number of rotatable bonds is 25. The second kappa shape index (κ2) is 22.0. The molecule has 28 heteroatoms. The van der Waals surface area contributed by atoms with Gasteiger partial charge in [-0.3, -0.25) is 28.5 Å². The molecule has 0 spiro atoms. The number of aliphatic hydroxyl groups excluding tert-OH is 3. The highest BCUT2D eigenvalue weighted by Crippen LogP contribution is 2.40. The lowest BCUT2D eigenvalue weighted by Gasteiger charge is -2.30. The first-order valence-corrected chi connectivity index (χ1v) is 19.5. The lowest BCUT2D eigenvalue weighted by molar-refractivity contribution is -0.311. The summed E-state index contributed by atoms with van der Waals surface area (Å²) < 4.78 is 22.6. The summed E-state index contributed by atoms with van der Waals surface area (Å²) in [5.41, 5.74) is -1.38. The number of benzene rings is 1. The Balaban J connectivity index is 1.53. The van der Waals surface area contributed by atoms with Crippen LogP contribution in [0.5, 0.6) is 6.01 Å². The number of aromatic nitrogens is 3. The fraction of sp³-hybridized carbons (Fsp3) is 0.471. The second-order valence-corrected chi connectivity index (χ2v) is 14.8. The Morgan fingerprint density at radius 1 is 0.823 bits per heavy atom. The van der Waals surface area contributed by atoms with Gasteiger partial charge in [0.1, 0.15) is 30.1 Å². The van der Waals surface area contributed by atoms with Crippen LogP contribution in [0.25, 0.3) is 22.3 Å². The van der Waals surface area contributed by atoms with Crippen LogP contribution in [0.1, 0.15) is 45.4 Å². The SMILES string of the molecule is C[C@H](OP(=O)([O-])OC[C@@H](O)[C@@H](O)[C@@H](O)Cn1c2cc(=O)ccc-2cc2c(=O)[nH]c([O-])nc21)C(=O)N[C@@H](CCC(=O)N[C@@H](CCC(=O)N[C@@H](CCC(=O)[O-])C(=O)[O-])C(=O)[O-])C(=O)[O-]. The van der Waals surface area contributed by atoms with Gasteiger partial charge in [-0.1, -0.05) is 0 Å². The van der Waals surface area contributed by atoms with Crippen molar-refractivity contribution in [3.8, 4) is 17.3 Å². The molecule has 1 aliphatic carbocycles. The van der Waals surface area contributed by atoms with Gasteiger partial charge >= 0.3 is 0 Å². The number of carbonyl (C=O) groups is 7. The third kappa shape index (κ3) is 14.7. The first kappa shape index (κ1) is 50.0. The average molecular weight is 897 g/mol. The molecule has 0 fully saturated rings. The number of nitrogens with one attached hydrogen (secondary N) is 4. The van der Waals surface area contributed by atoms with Gasteiger partial charge in [-0.15, -0.1) is 0 Å². The number of phosphoric ester groups is 1. The number of fused-ring (bicyclic) bond motifs is 2. The first-order chi connectivity index (χ1) is 28.9. The lowest BCUT2D eigenvalue weighted by atomic mass is 10.0. The summed E-state index contributed by atoms with van der Waals surface area (Å²) in [6.45, 7) is -1.22. The summed E-state index contributed by atoms with van der Waals surface area (Å²) in [6.07, 6.45) is -12.9. The number of carbonyl (C=O) groups excluding carboxylic acids is 7. The summed E-state index contributed by atoms with van der Waals surface area (Å²) in [6, 6.07) is -1.87. The van der Waals surface area contributed by atoms with E-state index in [0.29, 0.717) is 0 Å². The monoisotopic (exact) mass is 896 g/mol. The van der Waals surface area contributed by atoms with Gasteiger partial charge in [-0.05, 0) is 56.4 Å². The molecule has 0 saturated carbocycles. The van der Waals surface area contributed by atoms with Crippen molar-refractivity contribution in [2.45, 2.75) is 94.5 Å². The fourth-order valence-corrected chi connectivity index (χ4v) is 6.47. The Bertz CT molecular complexity index is 2300. The van der Waals surface area contributed by atoms with E-state index in [1.807, 2.05) is 20.9 Å². The Morgan fingerprint density at radius 2 is 1.35 bits per heavy atom. The maximum atomic E-state index is 12.6. The number of hydrogen-bond acceptors (Lipinski definition) is 22. The number of amides is 3. The van der Waals surface area contributed by atoms with E-state index in [9.17, 15) is 93.5 Å². The smallest absolute Gasteiger partial charge is 0.268 e. The number of aromatic amines is 1. The summed E-state index contributed by atoms with van der Waals surface area (Å²) in [7, 11) is -5.59. The molecule has 1 unspecified atom stereocenters. The number of aliphatic hydroxyl groups is 3. The molecule has 8 atom stereocenters. The summed E-state index contributed by atoms with van der Waals surface area (Å²) >= 11 is 0. The normalized spacial score (nSPS) is 15.8. The highest BCUT2D eigenvalue weighted by atomic mass is 31.2. The third-order valence-corrected chi connectivity index (χ3v) is 9.82.